The van der Waals surface area contributed by atoms with Crippen molar-refractivity contribution in [2.45, 2.75) is 38.3 Å². The highest BCUT2D eigenvalue weighted by Crippen LogP contribution is 2.33. The minimum atomic E-state index is -4.82. The molecule has 1 aliphatic rings. The number of anilines is 3. The summed E-state index contributed by atoms with van der Waals surface area (Å²) in [4.78, 5) is 19.7. The van der Waals surface area contributed by atoms with Gasteiger partial charge < -0.3 is 16.4 Å². The molecule has 1 aromatic heterocycles. The number of nitrogens with two attached hydrogens (primary N) is 1. The van der Waals surface area contributed by atoms with E-state index in [1.807, 2.05) is 0 Å². The van der Waals surface area contributed by atoms with Gasteiger partial charge >= 0.3 is 6.18 Å². The zero-order valence-electron chi connectivity index (χ0n) is 15.5. The van der Waals surface area contributed by atoms with Crippen LogP contribution in [0, 0.1) is 5.92 Å². The molecular formula is C19H21ClF3N5O. The van der Waals surface area contributed by atoms with Gasteiger partial charge in [0.15, 0.2) is 5.69 Å². The molecule has 2 aromatic rings. The molecule has 6 nitrogen and oxygen atoms in total. The Morgan fingerprint density at radius 1 is 1.24 bits per heavy atom. The van der Waals surface area contributed by atoms with E-state index in [1.165, 1.54) is 6.07 Å². The number of nitrogens with zero attached hydrogens (tertiary/aromatic N) is 2. The van der Waals surface area contributed by atoms with E-state index in [1.54, 1.807) is 12.1 Å². The van der Waals surface area contributed by atoms with Gasteiger partial charge in [0.2, 0.25) is 5.95 Å². The number of nitrogens with one attached hydrogen (secondary N) is 2. The van der Waals surface area contributed by atoms with Gasteiger partial charge in [-0.1, -0.05) is 36.9 Å². The van der Waals surface area contributed by atoms with Gasteiger partial charge in [0.25, 0.3) is 5.91 Å². The van der Waals surface area contributed by atoms with Gasteiger partial charge in [0, 0.05) is 12.7 Å². The lowest BCUT2D eigenvalue weighted by Crippen LogP contribution is -2.32. The van der Waals surface area contributed by atoms with E-state index in [0.29, 0.717) is 6.54 Å². The Bertz CT molecular complexity index is 885. The Kier molecular flexibility index (Phi) is 6.46. The maximum absolute atomic E-state index is 13.5. The lowest BCUT2D eigenvalue weighted by atomic mass is 9.89. The van der Waals surface area contributed by atoms with Crippen LogP contribution in [0.25, 0.3) is 0 Å². The molecule has 1 amide bonds. The highest BCUT2D eigenvalue weighted by atomic mass is 35.5. The summed E-state index contributed by atoms with van der Waals surface area (Å²) in [5.41, 5.74) is 4.30. The van der Waals surface area contributed by atoms with Crippen molar-refractivity contribution in [1.82, 2.24) is 15.3 Å². The van der Waals surface area contributed by atoms with E-state index < -0.39 is 23.3 Å². The molecule has 0 radical (unpaired) electrons. The molecule has 10 heteroatoms. The summed E-state index contributed by atoms with van der Waals surface area (Å²) in [6, 6.07) is 4.66. The van der Waals surface area contributed by atoms with Crippen LogP contribution in [-0.4, -0.2) is 22.4 Å². The van der Waals surface area contributed by atoms with Crippen molar-refractivity contribution in [3.05, 3.63) is 40.7 Å². The monoisotopic (exact) mass is 427 g/mol. The van der Waals surface area contributed by atoms with E-state index in [9.17, 15) is 18.0 Å². The second-order valence-electron chi connectivity index (χ2n) is 6.99. The average molecular weight is 428 g/mol. The summed E-state index contributed by atoms with van der Waals surface area (Å²) >= 11 is 5.91. The number of halogens is 4. The Morgan fingerprint density at radius 3 is 2.66 bits per heavy atom. The van der Waals surface area contributed by atoms with Crippen LogP contribution in [0.1, 0.15) is 48.2 Å². The van der Waals surface area contributed by atoms with Crippen molar-refractivity contribution < 1.29 is 18.0 Å². The van der Waals surface area contributed by atoms with Crippen molar-refractivity contribution in [2.24, 2.45) is 5.92 Å². The number of aromatic nitrogens is 2. The van der Waals surface area contributed by atoms with Crippen molar-refractivity contribution in [2.75, 3.05) is 17.6 Å². The first-order valence-corrected chi connectivity index (χ1v) is 9.67. The first kappa shape index (κ1) is 21.2. The summed E-state index contributed by atoms with van der Waals surface area (Å²) in [7, 11) is 0. The van der Waals surface area contributed by atoms with Crippen molar-refractivity contribution in [1.29, 1.82) is 0 Å². The van der Waals surface area contributed by atoms with Gasteiger partial charge in [-0.3, -0.25) is 4.79 Å². The molecule has 0 atom stereocenters. The highest BCUT2D eigenvalue weighted by Gasteiger charge is 2.38. The first-order chi connectivity index (χ1) is 13.8. The second-order valence-corrected chi connectivity index (χ2v) is 7.40. The first-order valence-electron chi connectivity index (χ1n) is 9.29. The lowest BCUT2D eigenvalue weighted by molar-refractivity contribution is -0.141. The minimum absolute atomic E-state index is 0.153. The van der Waals surface area contributed by atoms with Crippen molar-refractivity contribution in [3.63, 3.8) is 0 Å². The number of alkyl halides is 3. The fraction of sp³-hybridized carbons (Fsp3) is 0.421. The maximum atomic E-state index is 13.5. The van der Waals surface area contributed by atoms with E-state index >= 15 is 0 Å². The molecular weight excluding hydrogens is 407 g/mol. The predicted octanol–water partition coefficient (Wildman–Crippen LogP) is 4.78. The Morgan fingerprint density at radius 2 is 1.97 bits per heavy atom. The number of benzene rings is 1. The summed E-state index contributed by atoms with van der Waals surface area (Å²) in [5, 5.41) is 5.44. The molecule has 0 unspecified atom stereocenters. The standard InChI is InChI=1S/C19H21ClF3N5O/c20-13-7-4-8-14(15(13)24)27-18-26-10-12(16(28-18)19(21,22)23)17(29)25-9-11-5-2-1-3-6-11/h4,7-8,10-11H,1-3,5-6,9,24H2,(H,25,29)(H,26,27,28). The molecule has 0 saturated heterocycles. The molecule has 1 saturated carbocycles. The number of hydrogen-bond donors (Lipinski definition) is 3. The van der Waals surface area contributed by atoms with Crippen molar-refractivity contribution >= 4 is 34.8 Å². The van der Waals surface area contributed by atoms with Crippen LogP contribution < -0.4 is 16.4 Å². The highest BCUT2D eigenvalue weighted by molar-refractivity contribution is 6.33. The number of para-hydroxylation sites is 1. The largest absolute Gasteiger partial charge is 0.434 e. The van der Waals surface area contributed by atoms with Crippen LogP contribution in [0.3, 0.4) is 0 Å². The number of nitrogen functional groups attached to an aromatic ring is 1. The SMILES string of the molecule is Nc1c(Cl)cccc1Nc1ncc(C(=O)NCC2CCCCC2)c(C(F)(F)F)n1. The topological polar surface area (TPSA) is 92.9 Å². The van der Waals surface area contributed by atoms with Gasteiger partial charge in [0.1, 0.15) is 0 Å². The fourth-order valence-electron chi connectivity index (χ4n) is 3.31. The quantitative estimate of drug-likeness (QED) is 0.597. The molecule has 1 aliphatic carbocycles. The van der Waals surface area contributed by atoms with Crippen LogP contribution in [0.2, 0.25) is 5.02 Å². The van der Waals surface area contributed by atoms with E-state index in [2.05, 4.69) is 20.6 Å². The zero-order chi connectivity index (χ0) is 21.0. The Labute approximate surface area is 171 Å². The average Bonchev–Trinajstić information content (AvgIpc) is 2.70. The van der Waals surface area contributed by atoms with Crippen LogP contribution in [0.5, 0.6) is 0 Å². The molecule has 0 spiro atoms. The van der Waals surface area contributed by atoms with Gasteiger partial charge in [-0.2, -0.15) is 13.2 Å². The molecule has 1 aromatic carbocycles. The third kappa shape index (κ3) is 5.29. The third-order valence-corrected chi connectivity index (χ3v) is 5.21. The molecule has 1 heterocycles. The van der Waals surface area contributed by atoms with Crippen LogP contribution >= 0.6 is 11.6 Å². The normalized spacial score (nSPS) is 15.2. The van der Waals surface area contributed by atoms with Gasteiger partial charge in [0.05, 0.1) is 22.0 Å². The predicted molar refractivity (Wildman–Crippen MR) is 105 cm³/mol. The van der Waals surface area contributed by atoms with Crippen molar-refractivity contribution in [3.8, 4) is 0 Å². The molecule has 3 rings (SSSR count). The lowest BCUT2D eigenvalue weighted by Gasteiger charge is -2.22. The Balaban J connectivity index is 1.80. The summed E-state index contributed by atoms with van der Waals surface area (Å²) in [5.74, 6) is -0.887. The number of carbonyl (C=O) groups is 1. The van der Waals surface area contributed by atoms with Gasteiger partial charge in [-0.15, -0.1) is 0 Å². The van der Waals surface area contributed by atoms with Crippen LogP contribution in [0.15, 0.2) is 24.4 Å². The maximum Gasteiger partial charge on any atom is 0.434 e. The van der Waals surface area contributed by atoms with E-state index in [-0.39, 0.29) is 28.3 Å². The second kappa shape index (κ2) is 8.86. The summed E-state index contributed by atoms with van der Waals surface area (Å²) < 4.78 is 40.6. The third-order valence-electron chi connectivity index (χ3n) is 4.88. The summed E-state index contributed by atoms with van der Waals surface area (Å²) in [6.07, 6.45) is 1.28. The van der Waals surface area contributed by atoms with Crippen LogP contribution in [0.4, 0.5) is 30.5 Å². The number of amides is 1. The van der Waals surface area contributed by atoms with E-state index in [0.717, 1.165) is 38.3 Å². The smallest absolute Gasteiger partial charge is 0.396 e. The molecule has 0 aliphatic heterocycles. The molecule has 156 valence electrons. The minimum Gasteiger partial charge on any atom is -0.396 e. The molecule has 29 heavy (non-hydrogen) atoms. The van der Waals surface area contributed by atoms with Gasteiger partial charge in [-0.05, 0) is 30.9 Å². The Hall–Kier alpha value is -2.55. The van der Waals surface area contributed by atoms with Crippen LogP contribution in [-0.2, 0) is 6.18 Å². The number of carbonyl (C=O) groups excluding carboxylic acids is 1. The molecule has 1 fully saturated rings. The number of hydrogen-bond acceptors (Lipinski definition) is 5. The van der Waals surface area contributed by atoms with Gasteiger partial charge in [-0.25, -0.2) is 9.97 Å². The fourth-order valence-corrected chi connectivity index (χ4v) is 3.49. The van der Waals surface area contributed by atoms with E-state index in [4.69, 9.17) is 17.3 Å². The molecule has 4 N–H and O–H groups in total. The number of rotatable bonds is 5. The summed E-state index contributed by atoms with van der Waals surface area (Å²) in [6.45, 7) is 0.342. The zero-order valence-corrected chi connectivity index (χ0v) is 16.3. The molecule has 0 bridgehead atoms.